The first kappa shape index (κ1) is 15.5. The Morgan fingerprint density at radius 2 is 2.13 bits per heavy atom. The van der Waals surface area contributed by atoms with E-state index in [1.807, 2.05) is 0 Å². The van der Waals surface area contributed by atoms with Crippen molar-refractivity contribution in [3.63, 3.8) is 0 Å². The average Bonchev–Trinajstić information content (AvgIpc) is 3.06. The molecule has 1 amide bonds. The third-order valence-electron chi connectivity index (χ3n) is 4.52. The number of amides is 1. The number of hydrogen-bond donors (Lipinski definition) is 2. The third-order valence-corrected chi connectivity index (χ3v) is 4.52. The van der Waals surface area contributed by atoms with Gasteiger partial charge in [0, 0.05) is 18.3 Å². The topological polar surface area (TPSA) is 76.4 Å². The van der Waals surface area contributed by atoms with Crippen LogP contribution >= 0.6 is 0 Å². The van der Waals surface area contributed by atoms with Gasteiger partial charge in [-0.2, -0.15) is 18.4 Å². The van der Waals surface area contributed by atoms with Gasteiger partial charge in [-0.25, -0.2) is 4.79 Å². The maximum atomic E-state index is 13.0. The van der Waals surface area contributed by atoms with Gasteiger partial charge in [0.1, 0.15) is 0 Å². The highest BCUT2D eigenvalue weighted by atomic mass is 19.4. The van der Waals surface area contributed by atoms with Crippen LogP contribution in [0.5, 0.6) is 0 Å². The Morgan fingerprint density at radius 1 is 1.39 bits per heavy atom. The number of carboxylic acid groups (broad SMARTS) is 1. The van der Waals surface area contributed by atoms with Gasteiger partial charge in [0.05, 0.1) is 23.2 Å². The van der Waals surface area contributed by atoms with Crippen LogP contribution in [-0.2, 0) is 6.18 Å². The van der Waals surface area contributed by atoms with Crippen molar-refractivity contribution < 1.29 is 23.1 Å². The molecule has 1 aliphatic carbocycles. The van der Waals surface area contributed by atoms with E-state index in [0.29, 0.717) is 6.54 Å². The van der Waals surface area contributed by atoms with Crippen LogP contribution in [-0.4, -0.2) is 34.7 Å². The number of halogens is 3. The maximum absolute atomic E-state index is 13.0. The summed E-state index contributed by atoms with van der Waals surface area (Å²) in [6, 6.07) is 4.58. The van der Waals surface area contributed by atoms with Gasteiger partial charge in [-0.3, -0.25) is 0 Å². The number of piperidine rings is 1. The molecule has 1 aliphatic heterocycles. The molecule has 2 N–H and O–H groups in total. The molecule has 1 aromatic rings. The molecule has 23 heavy (non-hydrogen) atoms. The number of rotatable bonds is 2. The number of anilines is 1. The van der Waals surface area contributed by atoms with Gasteiger partial charge >= 0.3 is 12.3 Å². The Hall–Kier alpha value is -2.43. The van der Waals surface area contributed by atoms with Gasteiger partial charge in [0.25, 0.3) is 0 Å². The maximum Gasteiger partial charge on any atom is 0.417 e. The zero-order valence-corrected chi connectivity index (χ0v) is 12.0. The Morgan fingerprint density at radius 3 is 2.70 bits per heavy atom. The number of nitriles is 1. The average molecular weight is 325 g/mol. The van der Waals surface area contributed by atoms with Crippen LogP contribution in [0.1, 0.15) is 24.0 Å². The molecular formula is C15H14F3N3O2. The molecule has 0 aromatic heterocycles. The molecule has 1 aromatic carbocycles. The summed E-state index contributed by atoms with van der Waals surface area (Å²) in [6.07, 6.45) is -4.15. The summed E-state index contributed by atoms with van der Waals surface area (Å²) in [5.74, 6) is 0.245. The molecular weight excluding hydrogens is 311 g/mol. The fraction of sp³-hybridized carbons (Fsp3) is 0.467. The van der Waals surface area contributed by atoms with Crippen LogP contribution in [0.15, 0.2) is 18.2 Å². The Kier molecular flexibility index (Phi) is 3.59. The second kappa shape index (κ2) is 5.33. The number of fused-ring (bicyclic) bond motifs is 2. The van der Waals surface area contributed by atoms with Crippen LogP contribution in [0.4, 0.5) is 23.7 Å². The van der Waals surface area contributed by atoms with Gasteiger partial charge < -0.3 is 15.3 Å². The molecule has 3 rings (SSSR count). The highest BCUT2D eigenvalue weighted by molar-refractivity contribution is 5.66. The predicted molar refractivity (Wildman–Crippen MR) is 74.8 cm³/mol. The van der Waals surface area contributed by atoms with E-state index >= 15 is 0 Å². The Bertz CT molecular complexity index is 684. The summed E-state index contributed by atoms with van der Waals surface area (Å²) in [7, 11) is 0. The number of nitrogens with one attached hydrogen (secondary N) is 1. The van der Waals surface area contributed by atoms with E-state index in [1.165, 1.54) is 17.0 Å². The quantitative estimate of drug-likeness (QED) is 0.876. The molecule has 3 unspecified atom stereocenters. The van der Waals surface area contributed by atoms with Gasteiger partial charge in [-0.1, -0.05) is 0 Å². The van der Waals surface area contributed by atoms with Crippen molar-refractivity contribution in [2.75, 3.05) is 11.9 Å². The van der Waals surface area contributed by atoms with Crippen molar-refractivity contribution in [2.24, 2.45) is 5.92 Å². The first-order chi connectivity index (χ1) is 10.8. The lowest BCUT2D eigenvalue weighted by atomic mass is 10.0. The Labute approximate surface area is 130 Å². The number of benzene rings is 1. The zero-order valence-electron chi connectivity index (χ0n) is 12.0. The first-order valence-electron chi connectivity index (χ1n) is 7.17. The first-order valence-corrected chi connectivity index (χ1v) is 7.17. The van der Waals surface area contributed by atoms with E-state index in [4.69, 9.17) is 10.4 Å². The molecule has 1 saturated carbocycles. The molecule has 2 fully saturated rings. The minimum absolute atomic E-state index is 0.209. The van der Waals surface area contributed by atoms with Crippen molar-refractivity contribution >= 4 is 11.8 Å². The molecule has 2 aliphatic rings. The van der Waals surface area contributed by atoms with Crippen molar-refractivity contribution in [3.8, 4) is 6.07 Å². The largest absolute Gasteiger partial charge is 0.465 e. The summed E-state index contributed by atoms with van der Waals surface area (Å²) in [6.45, 7) is 0.485. The molecule has 8 heteroatoms. The second-order valence-electron chi connectivity index (χ2n) is 5.96. The van der Waals surface area contributed by atoms with Crippen LogP contribution in [0.3, 0.4) is 0 Å². The van der Waals surface area contributed by atoms with Gasteiger partial charge in [-0.15, -0.1) is 0 Å². The van der Waals surface area contributed by atoms with E-state index in [-0.39, 0.29) is 23.7 Å². The summed E-state index contributed by atoms with van der Waals surface area (Å²) in [5.41, 5.74) is -1.16. The lowest BCUT2D eigenvalue weighted by molar-refractivity contribution is -0.137. The van der Waals surface area contributed by atoms with Crippen LogP contribution in [0.25, 0.3) is 0 Å². The monoisotopic (exact) mass is 325 g/mol. The van der Waals surface area contributed by atoms with Gasteiger partial charge in [0.15, 0.2) is 0 Å². The summed E-state index contributed by atoms with van der Waals surface area (Å²) >= 11 is 0. The number of nitrogens with zero attached hydrogens (tertiary/aromatic N) is 2. The lowest BCUT2D eigenvalue weighted by Gasteiger charge is -2.32. The van der Waals surface area contributed by atoms with Gasteiger partial charge in [-0.05, 0) is 37.0 Å². The van der Waals surface area contributed by atoms with Crippen molar-refractivity contribution in [3.05, 3.63) is 29.3 Å². The summed E-state index contributed by atoms with van der Waals surface area (Å²) < 4.78 is 38.9. The standard InChI is InChI=1S/C15H14F3N3O2/c16-15(17,18)11-5-10(2-1-9(11)6-19)20-12-3-8-4-13(12)21(7-8)14(22)23/h1-2,5,8,12-13,20H,3-4,7H2,(H,22,23). The van der Waals surface area contributed by atoms with Crippen LogP contribution < -0.4 is 5.32 Å². The van der Waals surface area contributed by atoms with Crippen LogP contribution in [0.2, 0.25) is 0 Å². The van der Waals surface area contributed by atoms with E-state index in [2.05, 4.69) is 5.32 Å². The molecule has 1 heterocycles. The van der Waals surface area contributed by atoms with E-state index in [0.717, 1.165) is 25.0 Å². The lowest BCUT2D eigenvalue weighted by Crippen LogP contribution is -2.47. The fourth-order valence-corrected chi connectivity index (χ4v) is 3.58. The number of carbonyl (C=O) groups is 1. The Balaban J connectivity index is 1.82. The summed E-state index contributed by atoms with van der Waals surface area (Å²) in [4.78, 5) is 12.5. The van der Waals surface area contributed by atoms with Gasteiger partial charge in [0.2, 0.25) is 0 Å². The predicted octanol–water partition coefficient (Wildman–Crippen LogP) is 3.13. The third kappa shape index (κ3) is 2.79. The smallest absolute Gasteiger partial charge is 0.417 e. The van der Waals surface area contributed by atoms with Crippen LogP contribution in [0, 0.1) is 17.2 Å². The minimum atomic E-state index is -4.61. The molecule has 2 bridgehead atoms. The SMILES string of the molecule is N#Cc1ccc(NC2CC3CC2N(C(=O)O)C3)cc1C(F)(F)F. The van der Waals surface area contributed by atoms with Crippen molar-refractivity contribution in [1.82, 2.24) is 4.90 Å². The molecule has 0 spiro atoms. The minimum Gasteiger partial charge on any atom is -0.465 e. The summed E-state index contributed by atoms with van der Waals surface area (Å²) in [5, 5.41) is 21.0. The molecule has 1 saturated heterocycles. The van der Waals surface area contributed by atoms with Crippen molar-refractivity contribution in [2.45, 2.75) is 31.1 Å². The van der Waals surface area contributed by atoms with Crippen molar-refractivity contribution in [1.29, 1.82) is 5.26 Å². The zero-order chi connectivity index (χ0) is 16.8. The second-order valence-corrected chi connectivity index (χ2v) is 5.96. The molecule has 3 atom stereocenters. The number of alkyl halides is 3. The molecule has 5 nitrogen and oxygen atoms in total. The number of likely N-dealkylation sites (tertiary alicyclic amines) is 1. The molecule has 122 valence electrons. The van der Waals surface area contributed by atoms with E-state index in [9.17, 15) is 18.0 Å². The highest BCUT2D eigenvalue weighted by Crippen LogP contribution is 2.40. The van der Waals surface area contributed by atoms with E-state index in [1.54, 1.807) is 0 Å². The van der Waals surface area contributed by atoms with E-state index < -0.39 is 23.4 Å². The fourth-order valence-electron chi connectivity index (χ4n) is 3.58. The molecule has 0 radical (unpaired) electrons. The highest BCUT2D eigenvalue weighted by Gasteiger charge is 2.47. The number of hydrogen-bond acceptors (Lipinski definition) is 3. The normalized spacial score (nSPS) is 26.2.